The Hall–Kier alpha value is -3.81. The van der Waals surface area contributed by atoms with Crippen LogP contribution in [0.25, 0.3) is 23.0 Å². The van der Waals surface area contributed by atoms with Crippen LogP contribution < -0.4 is 10.1 Å². The average molecular weight is 351 g/mol. The summed E-state index contributed by atoms with van der Waals surface area (Å²) in [6.07, 6.45) is 1.49. The molecule has 3 aromatic heterocycles. The molecule has 0 fully saturated rings. The maximum Gasteiger partial charge on any atom is 0.323 e. The van der Waals surface area contributed by atoms with Crippen molar-refractivity contribution >= 4 is 11.9 Å². The Morgan fingerprint density at radius 3 is 2.58 bits per heavy atom. The Bertz CT molecular complexity index is 1020. The van der Waals surface area contributed by atoms with Crippen LogP contribution in [0.2, 0.25) is 0 Å². The number of ether oxygens (including phenoxy) is 1. The highest BCUT2D eigenvalue weighted by atomic mass is 16.5. The molecule has 0 unspecified atom stereocenters. The minimum absolute atomic E-state index is 0.0520. The second kappa shape index (κ2) is 6.60. The van der Waals surface area contributed by atoms with Gasteiger partial charge < -0.3 is 18.0 Å². The van der Waals surface area contributed by atoms with E-state index in [9.17, 15) is 4.79 Å². The number of nitrogens with zero attached hydrogens (tertiary/aromatic N) is 2. The number of methoxy groups -OCH3 is 1. The summed E-state index contributed by atoms with van der Waals surface area (Å²) in [5.74, 6) is 1.50. The summed E-state index contributed by atoms with van der Waals surface area (Å²) in [5.41, 5.74) is 0.822. The molecule has 0 saturated heterocycles. The minimum Gasteiger partial charge on any atom is -0.497 e. The molecule has 4 rings (SSSR count). The standard InChI is InChI=1S/C18H13N3O5/c1-23-12-6-4-11(5-7-12)13-8-9-14(25-13)16(22)19-18-21-20-17(26-18)15-3-2-10-24-15/h2-10H,1H3,(H,19,21,22). The number of carbonyl (C=O) groups is 1. The number of furan rings is 2. The van der Waals surface area contributed by atoms with Gasteiger partial charge in [-0.15, -0.1) is 5.10 Å². The molecule has 0 saturated carbocycles. The molecule has 26 heavy (non-hydrogen) atoms. The van der Waals surface area contributed by atoms with E-state index < -0.39 is 5.91 Å². The van der Waals surface area contributed by atoms with Gasteiger partial charge in [0.2, 0.25) is 0 Å². The van der Waals surface area contributed by atoms with E-state index >= 15 is 0 Å². The smallest absolute Gasteiger partial charge is 0.323 e. The monoisotopic (exact) mass is 351 g/mol. The predicted octanol–water partition coefficient (Wildman–Crippen LogP) is 3.85. The molecule has 0 aliphatic rings. The van der Waals surface area contributed by atoms with Crippen molar-refractivity contribution in [3.05, 3.63) is 60.6 Å². The van der Waals surface area contributed by atoms with E-state index in [1.54, 1.807) is 31.4 Å². The quantitative estimate of drug-likeness (QED) is 0.582. The van der Waals surface area contributed by atoms with Gasteiger partial charge in [-0.25, -0.2) is 0 Å². The highest BCUT2D eigenvalue weighted by Crippen LogP contribution is 2.25. The fourth-order valence-electron chi connectivity index (χ4n) is 2.30. The molecule has 130 valence electrons. The van der Waals surface area contributed by atoms with Gasteiger partial charge in [-0.3, -0.25) is 10.1 Å². The molecule has 4 aromatic rings. The molecular formula is C18H13N3O5. The largest absolute Gasteiger partial charge is 0.497 e. The number of nitrogens with one attached hydrogen (secondary N) is 1. The Labute approximate surface area is 147 Å². The average Bonchev–Trinajstić information content (AvgIpc) is 3.42. The third-order valence-electron chi connectivity index (χ3n) is 3.58. The van der Waals surface area contributed by atoms with Gasteiger partial charge in [-0.2, -0.15) is 0 Å². The first kappa shape index (κ1) is 15.7. The van der Waals surface area contributed by atoms with Crippen LogP contribution in [0.1, 0.15) is 10.6 Å². The van der Waals surface area contributed by atoms with Gasteiger partial charge in [0.25, 0.3) is 11.8 Å². The number of rotatable bonds is 5. The summed E-state index contributed by atoms with van der Waals surface area (Å²) in [5, 5.41) is 10.1. The van der Waals surface area contributed by atoms with Crippen LogP contribution in [0.3, 0.4) is 0 Å². The Kier molecular flexibility index (Phi) is 3.98. The lowest BCUT2D eigenvalue weighted by Crippen LogP contribution is -2.11. The lowest BCUT2D eigenvalue weighted by Gasteiger charge is -2.01. The zero-order valence-corrected chi connectivity index (χ0v) is 13.6. The van der Waals surface area contributed by atoms with E-state index in [4.69, 9.17) is 18.0 Å². The molecule has 1 aromatic carbocycles. The van der Waals surface area contributed by atoms with Gasteiger partial charge in [0.15, 0.2) is 11.5 Å². The van der Waals surface area contributed by atoms with Gasteiger partial charge in [0.1, 0.15) is 11.5 Å². The van der Waals surface area contributed by atoms with Gasteiger partial charge in [0.05, 0.1) is 13.4 Å². The number of aromatic nitrogens is 2. The SMILES string of the molecule is COc1ccc(-c2ccc(C(=O)Nc3nnc(-c4ccco4)o3)o2)cc1. The second-order valence-electron chi connectivity index (χ2n) is 5.24. The number of hydrogen-bond donors (Lipinski definition) is 1. The van der Waals surface area contributed by atoms with E-state index in [-0.39, 0.29) is 17.7 Å². The molecule has 0 radical (unpaired) electrons. The van der Waals surface area contributed by atoms with E-state index in [0.29, 0.717) is 11.5 Å². The van der Waals surface area contributed by atoms with Gasteiger partial charge in [-0.1, -0.05) is 5.10 Å². The summed E-state index contributed by atoms with van der Waals surface area (Å²) in [6.45, 7) is 0. The molecule has 0 aliphatic heterocycles. The van der Waals surface area contributed by atoms with E-state index in [2.05, 4.69) is 15.5 Å². The summed E-state index contributed by atoms with van der Waals surface area (Å²) in [4.78, 5) is 12.3. The first-order valence-corrected chi connectivity index (χ1v) is 7.66. The van der Waals surface area contributed by atoms with Crippen molar-refractivity contribution in [1.82, 2.24) is 10.2 Å². The van der Waals surface area contributed by atoms with Crippen LogP contribution in [0.4, 0.5) is 6.01 Å². The highest BCUT2D eigenvalue weighted by Gasteiger charge is 2.17. The molecule has 3 heterocycles. The Morgan fingerprint density at radius 1 is 1.00 bits per heavy atom. The van der Waals surface area contributed by atoms with E-state index in [0.717, 1.165) is 11.3 Å². The summed E-state index contributed by atoms with van der Waals surface area (Å²) in [6, 6.07) is 13.9. The number of carbonyl (C=O) groups excluding carboxylic acids is 1. The fourth-order valence-corrected chi connectivity index (χ4v) is 2.30. The molecule has 8 nitrogen and oxygen atoms in total. The number of amides is 1. The lowest BCUT2D eigenvalue weighted by molar-refractivity contribution is 0.0994. The van der Waals surface area contributed by atoms with Crippen LogP contribution in [0.15, 0.2) is 68.0 Å². The molecule has 0 atom stereocenters. The third kappa shape index (κ3) is 3.07. The normalized spacial score (nSPS) is 10.7. The number of benzene rings is 1. The third-order valence-corrected chi connectivity index (χ3v) is 3.58. The molecule has 0 spiro atoms. The van der Waals surface area contributed by atoms with Gasteiger partial charge >= 0.3 is 6.01 Å². The first-order chi connectivity index (χ1) is 12.7. The van der Waals surface area contributed by atoms with E-state index in [1.165, 1.54) is 6.26 Å². The van der Waals surface area contributed by atoms with Crippen molar-refractivity contribution in [2.45, 2.75) is 0 Å². The topological polar surface area (TPSA) is 104 Å². The minimum atomic E-state index is -0.501. The van der Waals surface area contributed by atoms with Crippen LogP contribution in [-0.4, -0.2) is 23.2 Å². The van der Waals surface area contributed by atoms with Crippen LogP contribution >= 0.6 is 0 Å². The van der Waals surface area contributed by atoms with E-state index in [1.807, 2.05) is 24.3 Å². The predicted molar refractivity (Wildman–Crippen MR) is 90.6 cm³/mol. The van der Waals surface area contributed by atoms with Crippen molar-refractivity contribution < 1.29 is 22.8 Å². The highest BCUT2D eigenvalue weighted by molar-refractivity contribution is 6.01. The Balaban J connectivity index is 1.48. The fraction of sp³-hybridized carbons (Fsp3) is 0.0556. The van der Waals surface area contributed by atoms with Crippen molar-refractivity contribution in [1.29, 1.82) is 0 Å². The van der Waals surface area contributed by atoms with Crippen LogP contribution in [0.5, 0.6) is 5.75 Å². The summed E-state index contributed by atoms with van der Waals surface area (Å²) >= 11 is 0. The molecule has 0 aliphatic carbocycles. The second-order valence-corrected chi connectivity index (χ2v) is 5.24. The Morgan fingerprint density at radius 2 is 1.85 bits per heavy atom. The van der Waals surface area contributed by atoms with Crippen molar-refractivity contribution in [3.63, 3.8) is 0 Å². The lowest BCUT2D eigenvalue weighted by atomic mass is 10.2. The maximum atomic E-state index is 12.3. The molecule has 1 N–H and O–H groups in total. The zero-order chi connectivity index (χ0) is 17.9. The molecular weight excluding hydrogens is 338 g/mol. The van der Waals surface area contributed by atoms with Crippen LogP contribution in [-0.2, 0) is 0 Å². The molecule has 0 bridgehead atoms. The molecule has 8 heteroatoms. The van der Waals surface area contributed by atoms with Crippen LogP contribution in [0, 0.1) is 0 Å². The number of anilines is 1. The van der Waals surface area contributed by atoms with Crippen molar-refractivity contribution in [2.75, 3.05) is 12.4 Å². The molecule has 1 amide bonds. The van der Waals surface area contributed by atoms with Gasteiger partial charge in [0, 0.05) is 5.56 Å². The van der Waals surface area contributed by atoms with Crippen molar-refractivity contribution in [3.8, 4) is 28.7 Å². The zero-order valence-electron chi connectivity index (χ0n) is 13.6. The maximum absolute atomic E-state index is 12.3. The summed E-state index contributed by atoms with van der Waals surface area (Å²) in [7, 11) is 1.60. The number of hydrogen-bond acceptors (Lipinski definition) is 7. The first-order valence-electron chi connectivity index (χ1n) is 7.66. The van der Waals surface area contributed by atoms with Crippen molar-refractivity contribution in [2.24, 2.45) is 0 Å². The summed E-state index contributed by atoms with van der Waals surface area (Å²) < 4.78 is 21.2. The van der Waals surface area contributed by atoms with Gasteiger partial charge in [-0.05, 0) is 48.5 Å².